The zero-order valence-corrected chi connectivity index (χ0v) is 10.3. The van der Waals surface area contributed by atoms with E-state index >= 15 is 0 Å². The molecule has 3 nitrogen and oxygen atoms in total. The van der Waals surface area contributed by atoms with Gasteiger partial charge in [-0.05, 0) is 24.6 Å². The third-order valence-electron chi connectivity index (χ3n) is 2.36. The maximum atomic E-state index is 11.3. The first-order chi connectivity index (χ1) is 7.06. The highest BCUT2D eigenvalue weighted by molar-refractivity contribution is 9.10. The first-order valence-electron chi connectivity index (χ1n) is 4.64. The van der Waals surface area contributed by atoms with Gasteiger partial charge in [0, 0.05) is 11.6 Å². The van der Waals surface area contributed by atoms with Gasteiger partial charge in [-0.2, -0.15) is 0 Å². The number of carbonyl (C=O) groups is 1. The van der Waals surface area contributed by atoms with Gasteiger partial charge >= 0.3 is 0 Å². The van der Waals surface area contributed by atoms with Crippen LogP contribution in [0.1, 0.15) is 18.4 Å². The lowest BCUT2D eigenvalue weighted by Gasteiger charge is -2.20. The molecule has 0 aliphatic heterocycles. The number of ether oxygens (including phenoxy) is 1. The van der Waals surface area contributed by atoms with Gasteiger partial charge in [0.25, 0.3) is 0 Å². The number of hydrogen-bond acceptors (Lipinski definition) is 2. The minimum absolute atomic E-state index is 0.225. The minimum atomic E-state index is -0.410. The molecule has 0 aromatic heterocycles. The molecule has 0 spiro atoms. The monoisotopic (exact) mass is 271 g/mol. The van der Waals surface area contributed by atoms with E-state index in [1.807, 2.05) is 31.2 Å². The third kappa shape index (κ3) is 3.04. The molecule has 0 saturated carbocycles. The van der Waals surface area contributed by atoms with Crippen molar-refractivity contribution >= 4 is 21.8 Å². The highest BCUT2D eigenvalue weighted by Crippen LogP contribution is 2.24. The maximum absolute atomic E-state index is 11.3. The van der Waals surface area contributed by atoms with E-state index in [1.54, 1.807) is 7.11 Å². The van der Waals surface area contributed by atoms with Crippen LogP contribution in [0.2, 0.25) is 0 Å². The van der Waals surface area contributed by atoms with Crippen molar-refractivity contribution in [2.75, 3.05) is 7.11 Å². The number of primary amides is 1. The summed E-state index contributed by atoms with van der Waals surface area (Å²) in [7, 11) is 1.57. The van der Waals surface area contributed by atoms with Crippen LogP contribution in [0, 0.1) is 0 Å². The van der Waals surface area contributed by atoms with E-state index in [0.717, 1.165) is 10.0 Å². The number of amides is 1. The molecule has 1 amide bonds. The summed E-state index contributed by atoms with van der Waals surface area (Å²) in [5, 5.41) is 0. The molecule has 1 aromatic rings. The highest BCUT2D eigenvalue weighted by Gasteiger charge is 2.24. The Morgan fingerprint density at radius 2 is 2.20 bits per heavy atom. The van der Waals surface area contributed by atoms with E-state index in [1.165, 1.54) is 0 Å². The zero-order valence-electron chi connectivity index (χ0n) is 8.74. The Hall–Kier alpha value is -0.870. The van der Waals surface area contributed by atoms with E-state index in [-0.39, 0.29) is 12.0 Å². The average molecular weight is 272 g/mol. The van der Waals surface area contributed by atoms with Gasteiger partial charge in [-0.3, -0.25) is 4.79 Å². The molecule has 15 heavy (non-hydrogen) atoms. The first kappa shape index (κ1) is 12.2. The molecule has 0 aliphatic rings. The lowest BCUT2D eigenvalue weighted by molar-refractivity contribution is -0.122. The van der Waals surface area contributed by atoms with Gasteiger partial charge in [0.05, 0.1) is 12.0 Å². The molecule has 0 radical (unpaired) electrons. The van der Waals surface area contributed by atoms with Gasteiger partial charge in [-0.15, -0.1) is 0 Å². The van der Waals surface area contributed by atoms with Crippen LogP contribution in [-0.4, -0.2) is 19.1 Å². The second kappa shape index (κ2) is 5.28. The fourth-order valence-electron chi connectivity index (χ4n) is 1.50. The second-order valence-electron chi connectivity index (χ2n) is 3.38. The van der Waals surface area contributed by atoms with Crippen molar-refractivity contribution in [3.8, 4) is 0 Å². The van der Waals surface area contributed by atoms with Crippen LogP contribution in [0.5, 0.6) is 0 Å². The lowest BCUT2D eigenvalue weighted by atomic mass is 9.93. The van der Waals surface area contributed by atoms with Crippen molar-refractivity contribution in [2.24, 2.45) is 5.73 Å². The third-order valence-corrected chi connectivity index (χ3v) is 2.85. The minimum Gasteiger partial charge on any atom is -0.381 e. The molecule has 1 aromatic carbocycles. The summed E-state index contributed by atoms with van der Waals surface area (Å²) in [4.78, 5) is 11.3. The quantitative estimate of drug-likeness (QED) is 0.912. The number of rotatable bonds is 4. The SMILES string of the molecule is COC(C)C(C(N)=O)c1cccc(Br)c1. The van der Waals surface area contributed by atoms with E-state index in [9.17, 15) is 4.79 Å². The van der Waals surface area contributed by atoms with Crippen molar-refractivity contribution < 1.29 is 9.53 Å². The second-order valence-corrected chi connectivity index (χ2v) is 4.29. The number of halogens is 1. The number of carbonyl (C=O) groups excluding carboxylic acids is 1. The highest BCUT2D eigenvalue weighted by atomic mass is 79.9. The number of benzene rings is 1. The van der Waals surface area contributed by atoms with Gasteiger partial charge in [0.2, 0.25) is 5.91 Å². The predicted molar refractivity (Wildman–Crippen MR) is 62.5 cm³/mol. The van der Waals surface area contributed by atoms with Crippen LogP contribution in [-0.2, 0) is 9.53 Å². The molecule has 0 fully saturated rings. The summed E-state index contributed by atoms with van der Waals surface area (Å²) >= 11 is 3.36. The molecule has 2 N–H and O–H groups in total. The fraction of sp³-hybridized carbons (Fsp3) is 0.364. The average Bonchev–Trinajstić information content (AvgIpc) is 2.17. The lowest BCUT2D eigenvalue weighted by Crippen LogP contribution is -2.30. The Balaban J connectivity index is 3.04. The number of nitrogens with two attached hydrogens (primary N) is 1. The Bertz CT molecular complexity index is 354. The molecule has 2 atom stereocenters. The van der Waals surface area contributed by atoms with Crippen LogP contribution < -0.4 is 5.73 Å². The van der Waals surface area contributed by atoms with E-state index in [2.05, 4.69) is 15.9 Å². The fourth-order valence-corrected chi connectivity index (χ4v) is 1.92. The summed E-state index contributed by atoms with van der Waals surface area (Å²) in [6, 6.07) is 7.53. The van der Waals surface area contributed by atoms with Gasteiger partial charge in [-0.1, -0.05) is 28.1 Å². The molecule has 0 aliphatic carbocycles. The molecular formula is C11H14BrNO2. The van der Waals surface area contributed by atoms with Crippen LogP contribution >= 0.6 is 15.9 Å². The van der Waals surface area contributed by atoms with Crippen LogP contribution in [0.4, 0.5) is 0 Å². The molecule has 4 heteroatoms. The number of hydrogen-bond donors (Lipinski definition) is 1. The van der Waals surface area contributed by atoms with E-state index in [0.29, 0.717) is 0 Å². The van der Waals surface area contributed by atoms with Gasteiger partial charge in [0.1, 0.15) is 0 Å². The van der Waals surface area contributed by atoms with Gasteiger partial charge < -0.3 is 10.5 Å². The number of methoxy groups -OCH3 is 1. The van der Waals surface area contributed by atoms with Gasteiger partial charge in [0.15, 0.2) is 0 Å². The summed E-state index contributed by atoms with van der Waals surface area (Å²) in [6.07, 6.45) is -0.225. The van der Waals surface area contributed by atoms with Crippen molar-refractivity contribution in [1.29, 1.82) is 0 Å². The van der Waals surface area contributed by atoms with Crippen molar-refractivity contribution in [3.05, 3.63) is 34.3 Å². The molecule has 0 heterocycles. The first-order valence-corrected chi connectivity index (χ1v) is 5.43. The smallest absolute Gasteiger partial charge is 0.227 e. The van der Waals surface area contributed by atoms with Crippen LogP contribution in [0.15, 0.2) is 28.7 Å². The van der Waals surface area contributed by atoms with Crippen LogP contribution in [0.3, 0.4) is 0 Å². The molecule has 2 unspecified atom stereocenters. The predicted octanol–water partition coefficient (Wildman–Crippen LogP) is 2.05. The van der Waals surface area contributed by atoms with Crippen molar-refractivity contribution in [1.82, 2.24) is 0 Å². The van der Waals surface area contributed by atoms with Crippen molar-refractivity contribution in [2.45, 2.75) is 18.9 Å². The Morgan fingerprint density at radius 1 is 1.53 bits per heavy atom. The topological polar surface area (TPSA) is 52.3 Å². The maximum Gasteiger partial charge on any atom is 0.227 e. The normalized spacial score (nSPS) is 14.6. The summed E-state index contributed by atoms with van der Waals surface area (Å²) in [5.41, 5.74) is 6.23. The summed E-state index contributed by atoms with van der Waals surface area (Å²) in [6.45, 7) is 1.83. The molecule has 82 valence electrons. The molecule has 0 saturated heterocycles. The molecule has 1 rings (SSSR count). The van der Waals surface area contributed by atoms with E-state index < -0.39 is 5.92 Å². The zero-order chi connectivity index (χ0) is 11.4. The Morgan fingerprint density at radius 3 is 2.67 bits per heavy atom. The van der Waals surface area contributed by atoms with E-state index in [4.69, 9.17) is 10.5 Å². The summed E-state index contributed by atoms with van der Waals surface area (Å²) < 4.78 is 6.08. The molecular weight excluding hydrogens is 258 g/mol. The van der Waals surface area contributed by atoms with Gasteiger partial charge in [-0.25, -0.2) is 0 Å². The van der Waals surface area contributed by atoms with Crippen LogP contribution in [0.25, 0.3) is 0 Å². The Kier molecular flexibility index (Phi) is 4.29. The summed E-state index contributed by atoms with van der Waals surface area (Å²) in [5.74, 6) is -0.782. The standard InChI is InChI=1S/C11H14BrNO2/c1-7(15-2)10(11(13)14)8-4-3-5-9(12)6-8/h3-7,10H,1-2H3,(H2,13,14). The Labute approximate surface area is 97.7 Å². The largest absolute Gasteiger partial charge is 0.381 e. The molecule has 0 bridgehead atoms. The van der Waals surface area contributed by atoms with Crippen molar-refractivity contribution in [3.63, 3.8) is 0 Å².